The van der Waals surface area contributed by atoms with Crippen LogP contribution < -0.4 is 0 Å². The zero-order chi connectivity index (χ0) is 9.03. The molecule has 1 rings (SSSR count). The molecule has 1 aliphatic rings. The molecular formula is C9H16O3. The number of hydrogen-bond donors (Lipinski definition) is 1. The van der Waals surface area contributed by atoms with E-state index in [0.29, 0.717) is 0 Å². The van der Waals surface area contributed by atoms with Crippen LogP contribution >= 0.6 is 0 Å². The summed E-state index contributed by atoms with van der Waals surface area (Å²) in [6.07, 6.45) is 5.19. The Balaban J connectivity index is 2.50. The summed E-state index contributed by atoms with van der Waals surface area (Å²) in [7, 11) is 0. The predicted octanol–water partition coefficient (Wildman–Crippen LogP) is 1.45. The zero-order valence-electron chi connectivity index (χ0n) is 7.51. The minimum Gasteiger partial charge on any atom is -0.438 e. The largest absolute Gasteiger partial charge is 0.438 e. The molecule has 0 aromatic rings. The highest BCUT2D eigenvalue weighted by Gasteiger charge is 2.35. The van der Waals surface area contributed by atoms with Gasteiger partial charge in [-0.3, -0.25) is 4.79 Å². The molecule has 0 spiro atoms. The molecule has 0 aromatic heterocycles. The predicted molar refractivity (Wildman–Crippen MR) is 44.4 cm³/mol. The van der Waals surface area contributed by atoms with Crippen LogP contribution in [0, 0.1) is 5.41 Å². The summed E-state index contributed by atoms with van der Waals surface area (Å²) in [6, 6.07) is 0. The van der Waals surface area contributed by atoms with Crippen molar-refractivity contribution >= 4 is 5.97 Å². The molecule has 0 unspecified atom stereocenters. The Morgan fingerprint density at radius 3 is 2.50 bits per heavy atom. The Morgan fingerprint density at radius 1 is 1.42 bits per heavy atom. The van der Waals surface area contributed by atoms with Crippen molar-refractivity contribution in [2.45, 2.75) is 39.0 Å². The fourth-order valence-electron chi connectivity index (χ4n) is 1.77. The molecule has 0 bridgehead atoms. The SMILES string of the molecule is CC1(C(=O)OCO)CCCCC1. The first-order valence-electron chi connectivity index (χ1n) is 4.47. The molecule has 0 amide bonds. The normalized spacial score (nSPS) is 21.8. The van der Waals surface area contributed by atoms with Crippen molar-refractivity contribution in [1.82, 2.24) is 0 Å². The van der Waals surface area contributed by atoms with E-state index in [2.05, 4.69) is 4.74 Å². The molecule has 1 fully saturated rings. The first-order valence-corrected chi connectivity index (χ1v) is 4.47. The van der Waals surface area contributed by atoms with Gasteiger partial charge in [0, 0.05) is 0 Å². The number of carbonyl (C=O) groups excluding carboxylic acids is 1. The van der Waals surface area contributed by atoms with Crippen molar-refractivity contribution in [2.24, 2.45) is 5.41 Å². The van der Waals surface area contributed by atoms with E-state index in [4.69, 9.17) is 5.11 Å². The fraction of sp³-hybridized carbons (Fsp3) is 0.889. The quantitative estimate of drug-likeness (QED) is 0.506. The number of esters is 1. The fourth-order valence-corrected chi connectivity index (χ4v) is 1.77. The van der Waals surface area contributed by atoms with Crippen LogP contribution in [0.1, 0.15) is 39.0 Å². The number of aliphatic hydroxyl groups excluding tert-OH is 1. The summed E-state index contributed by atoms with van der Waals surface area (Å²) in [6.45, 7) is 1.43. The van der Waals surface area contributed by atoms with Gasteiger partial charge in [-0.15, -0.1) is 0 Å². The van der Waals surface area contributed by atoms with Crippen molar-refractivity contribution in [2.75, 3.05) is 6.79 Å². The summed E-state index contributed by atoms with van der Waals surface area (Å²) >= 11 is 0. The second kappa shape index (κ2) is 3.90. The Hall–Kier alpha value is -0.570. The molecule has 0 saturated heterocycles. The van der Waals surface area contributed by atoms with Gasteiger partial charge >= 0.3 is 5.97 Å². The standard InChI is InChI=1S/C9H16O3/c1-9(8(11)12-7-10)5-3-2-4-6-9/h10H,2-7H2,1H3. The number of ether oxygens (including phenoxy) is 1. The Bertz CT molecular complexity index is 159. The average Bonchev–Trinajstić information content (AvgIpc) is 2.06. The van der Waals surface area contributed by atoms with Gasteiger partial charge < -0.3 is 9.84 Å². The van der Waals surface area contributed by atoms with E-state index in [1.807, 2.05) is 6.92 Å². The first kappa shape index (κ1) is 9.52. The molecule has 70 valence electrons. The van der Waals surface area contributed by atoms with Crippen molar-refractivity contribution in [1.29, 1.82) is 0 Å². The van der Waals surface area contributed by atoms with Gasteiger partial charge in [-0.1, -0.05) is 19.3 Å². The molecule has 0 atom stereocenters. The van der Waals surface area contributed by atoms with E-state index in [-0.39, 0.29) is 11.4 Å². The van der Waals surface area contributed by atoms with Crippen LogP contribution in [0.3, 0.4) is 0 Å². The zero-order valence-corrected chi connectivity index (χ0v) is 7.51. The Morgan fingerprint density at radius 2 is 2.00 bits per heavy atom. The Kier molecular flexibility index (Phi) is 3.09. The van der Waals surface area contributed by atoms with Crippen LogP contribution in [0.2, 0.25) is 0 Å². The second-order valence-electron chi connectivity index (χ2n) is 3.68. The van der Waals surface area contributed by atoms with Crippen molar-refractivity contribution in [3.63, 3.8) is 0 Å². The molecule has 1 aliphatic carbocycles. The topological polar surface area (TPSA) is 46.5 Å². The number of hydrogen-bond acceptors (Lipinski definition) is 3. The maximum atomic E-state index is 11.3. The van der Waals surface area contributed by atoms with Crippen molar-refractivity contribution < 1.29 is 14.6 Å². The maximum Gasteiger partial charge on any atom is 0.313 e. The van der Waals surface area contributed by atoms with Crippen LogP contribution in [0.5, 0.6) is 0 Å². The minimum absolute atomic E-state index is 0.246. The molecule has 0 aromatic carbocycles. The molecule has 12 heavy (non-hydrogen) atoms. The number of rotatable bonds is 2. The van der Waals surface area contributed by atoms with Gasteiger partial charge in [-0.05, 0) is 19.8 Å². The van der Waals surface area contributed by atoms with Crippen LogP contribution in [-0.4, -0.2) is 17.9 Å². The first-order chi connectivity index (χ1) is 5.69. The molecular weight excluding hydrogens is 156 g/mol. The van der Waals surface area contributed by atoms with Crippen LogP contribution in [0.25, 0.3) is 0 Å². The van der Waals surface area contributed by atoms with E-state index >= 15 is 0 Å². The van der Waals surface area contributed by atoms with Gasteiger partial charge in [-0.2, -0.15) is 0 Å². The highest BCUT2D eigenvalue weighted by atomic mass is 16.6. The van der Waals surface area contributed by atoms with E-state index < -0.39 is 6.79 Å². The number of carbonyl (C=O) groups is 1. The van der Waals surface area contributed by atoms with Crippen LogP contribution in [0.15, 0.2) is 0 Å². The van der Waals surface area contributed by atoms with E-state index in [9.17, 15) is 4.79 Å². The minimum atomic E-state index is -0.492. The summed E-state index contributed by atoms with van der Waals surface area (Å²) in [4.78, 5) is 11.3. The molecule has 1 N–H and O–H groups in total. The lowest BCUT2D eigenvalue weighted by Gasteiger charge is -2.30. The van der Waals surface area contributed by atoms with Gasteiger partial charge in [0.05, 0.1) is 5.41 Å². The van der Waals surface area contributed by atoms with Crippen molar-refractivity contribution in [3.8, 4) is 0 Å². The average molecular weight is 172 g/mol. The van der Waals surface area contributed by atoms with Gasteiger partial charge in [0.25, 0.3) is 0 Å². The van der Waals surface area contributed by atoms with Crippen LogP contribution in [-0.2, 0) is 9.53 Å². The summed E-state index contributed by atoms with van der Waals surface area (Å²) < 4.78 is 4.60. The third-order valence-corrected chi connectivity index (χ3v) is 2.65. The number of aliphatic hydroxyl groups is 1. The molecule has 0 heterocycles. The summed E-state index contributed by atoms with van der Waals surface area (Å²) in [5.74, 6) is -0.246. The summed E-state index contributed by atoms with van der Waals surface area (Å²) in [5.41, 5.74) is -0.332. The van der Waals surface area contributed by atoms with Gasteiger partial charge in [0.2, 0.25) is 0 Å². The van der Waals surface area contributed by atoms with Gasteiger partial charge in [0.1, 0.15) is 0 Å². The smallest absolute Gasteiger partial charge is 0.313 e. The van der Waals surface area contributed by atoms with E-state index in [1.165, 1.54) is 6.42 Å². The lowest BCUT2D eigenvalue weighted by molar-refractivity contribution is -0.165. The highest BCUT2D eigenvalue weighted by Crippen LogP contribution is 2.36. The van der Waals surface area contributed by atoms with Gasteiger partial charge in [-0.25, -0.2) is 0 Å². The molecule has 3 heteroatoms. The lowest BCUT2D eigenvalue weighted by Crippen LogP contribution is -2.32. The van der Waals surface area contributed by atoms with Crippen LogP contribution in [0.4, 0.5) is 0 Å². The molecule has 1 saturated carbocycles. The Labute approximate surface area is 72.7 Å². The van der Waals surface area contributed by atoms with E-state index in [0.717, 1.165) is 25.7 Å². The monoisotopic (exact) mass is 172 g/mol. The second-order valence-corrected chi connectivity index (χ2v) is 3.68. The third kappa shape index (κ3) is 1.97. The highest BCUT2D eigenvalue weighted by molar-refractivity contribution is 5.76. The summed E-state index contributed by atoms with van der Waals surface area (Å²) in [5, 5.41) is 8.44. The van der Waals surface area contributed by atoms with E-state index in [1.54, 1.807) is 0 Å². The maximum absolute atomic E-state index is 11.3. The van der Waals surface area contributed by atoms with Crippen molar-refractivity contribution in [3.05, 3.63) is 0 Å². The van der Waals surface area contributed by atoms with Gasteiger partial charge in [0.15, 0.2) is 6.79 Å². The molecule has 3 nitrogen and oxygen atoms in total. The third-order valence-electron chi connectivity index (χ3n) is 2.65. The molecule has 0 aliphatic heterocycles. The molecule has 0 radical (unpaired) electrons. The lowest BCUT2D eigenvalue weighted by atomic mass is 9.76.